The molecule has 0 saturated carbocycles. The number of anilines is 2. The van der Waals surface area contributed by atoms with Crippen molar-refractivity contribution in [2.75, 3.05) is 11.2 Å². The number of carbonyl (C=O) groups is 2. The highest BCUT2D eigenvalue weighted by molar-refractivity contribution is 7.90. The Bertz CT molecular complexity index is 1770. The van der Waals surface area contributed by atoms with Gasteiger partial charge in [0.1, 0.15) is 0 Å². The summed E-state index contributed by atoms with van der Waals surface area (Å²) in [6.07, 6.45) is 2.79. The Morgan fingerprint density at radius 3 is 2.44 bits per heavy atom. The zero-order valence-corrected chi connectivity index (χ0v) is 20.1. The monoisotopic (exact) mass is 497 g/mol. The lowest BCUT2D eigenvalue weighted by atomic mass is 10.00. The van der Waals surface area contributed by atoms with Crippen LogP contribution in [0.3, 0.4) is 0 Å². The maximum Gasteiger partial charge on any atom is 0.335 e. The third kappa shape index (κ3) is 3.83. The van der Waals surface area contributed by atoms with E-state index in [0.29, 0.717) is 44.8 Å². The van der Waals surface area contributed by atoms with Crippen LogP contribution in [0.2, 0.25) is 0 Å². The summed E-state index contributed by atoms with van der Waals surface area (Å²) < 4.78 is 23.7. The normalized spacial score (nSPS) is 14.3. The number of benzene rings is 3. The lowest BCUT2D eigenvalue weighted by Crippen LogP contribution is -2.20. The van der Waals surface area contributed by atoms with Gasteiger partial charge in [0.15, 0.2) is 9.84 Å². The summed E-state index contributed by atoms with van der Waals surface area (Å²) in [6, 6.07) is 18.2. The standard InChI is InChI=1S/C27H19N3O5S/c1-15-9-25-22(11-18(15)14-28)23(13-19-10-16-3-4-17(27(32)33)12-24(16)29-19)26(31)30(25)20-5-7-21(8-6-20)36(2,34)35/h3-13,29H,1-2H3,(H,32,33)/b23-13-. The lowest BCUT2D eigenvalue weighted by Gasteiger charge is -2.18. The van der Waals surface area contributed by atoms with Crippen molar-refractivity contribution < 1.29 is 23.1 Å². The number of nitrogens with one attached hydrogen (secondary N) is 1. The van der Waals surface area contributed by atoms with Crippen LogP contribution in [0, 0.1) is 18.3 Å². The van der Waals surface area contributed by atoms with Gasteiger partial charge in [0.25, 0.3) is 5.91 Å². The van der Waals surface area contributed by atoms with Crippen molar-refractivity contribution >= 4 is 55.6 Å². The topological polar surface area (TPSA) is 131 Å². The molecule has 2 heterocycles. The van der Waals surface area contributed by atoms with Crippen LogP contribution >= 0.6 is 0 Å². The zero-order valence-electron chi connectivity index (χ0n) is 19.2. The van der Waals surface area contributed by atoms with Gasteiger partial charge in [0.2, 0.25) is 0 Å². The fourth-order valence-corrected chi connectivity index (χ4v) is 4.94. The number of nitrogens with zero attached hydrogens (tertiary/aromatic N) is 2. The first-order chi connectivity index (χ1) is 17.1. The molecule has 3 aromatic carbocycles. The van der Waals surface area contributed by atoms with Gasteiger partial charge in [-0.15, -0.1) is 0 Å². The fourth-order valence-electron chi connectivity index (χ4n) is 4.31. The van der Waals surface area contributed by atoms with E-state index in [2.05, 4.69) is 11.1 Å². The zero-order chi connectivity index (χ0) is 25.8. The van der Waals surface area contributed by atoms with Crippen LogP contribution in [0.25, 0.3) is 22.6 Å². The van der Waals surface area contributed by atoms with Crippen molar-refractivity contribution in [3.63, 3.8) is 0 Å². The molecule has 4 aromatic rings. The second kappa shape index (κ2) is 8.22. The Kier molecular flexibility index (Phi) is 5.27. The Morgan fingerprint density at radius 2 is 1.81 bits per heavy atom. The van der Waals surface area contributed by atoms with E-state index >= 15 is 0 Å². The molecule has 0 unspecified atom stereocenters. The summed E-state index contributed by atoms with van der Waals surface area (Å²) in [5, 5.41) is 19.6. The minimum Gasteiger partial charge on any atom is -0.478 e. The van der Waals surface area contributed by atoms with E-state index < -0.39 is 15.8 Å². The summed E-state index contributed by atoms with van der Waals surface area (Å²) in [6.45, 7) is 1.79. The molecular formula is C27H19N3O5S. The van der Waals surface area contributed by atoms with Crippen LogP contribution in [0.5, 0.6) is 0 Å². The van der Waals surface area contributed by atoms with Crippen molar-refractivity contribution in [1.82, 2.24) is 4.98 Å². The van der Waals surface area contributed by atoms with E-state index in [0.717, 1.165) is 11.6 Å². The minimum absolute atomic E-state index is 0.142. The summed E-state index contributed by atoms with van der Waals surface area (Å²) in [5.74, 6) is -1.38. The Hall–Kier alpha value is -4.68. The molecule has 1 aliphatic heterocycles. The highest BCUT2D eigenvalue weighted by Gasteiger charge is 2.34. The SMILES string of the molecule is Cc1cc2c(cc1C#N)/C(=C/c1cc3ccc(C(=O)O)cc3[nH]1)C(=O)N2c1ccc(S(C)(=O)=O)cc1. The average Bonchev–Trinajstić information content (AvgIpc) is 3.35. The van der Waals surface area contributed by atoms with Gasteiger partial charge in [-0.3, -0.25) is 9.69 Å². The highest BCUT2D eigenvalue weighted by Crippen LogP contribution is 2.43. The molecule has 178 valence electrons. The van der Waals surface area contributed by atoms with Crippen LogP contribution in [-0.2, 0) is 14.6 Å². The first kappa shape index (κ1) is 23.1. The molecule has 8 nitrogen and oxygen atoms in total. The van der Waals surface area contributed by atoms with Gasteiger partial charge in [-0.05, 0) is 73.2 Å². The molecule has 1 amide bonds. The van der Waals surface area contributed by atoms with Gasteiger partial charge in [0.05, 0.1) is 33.4 Å². The Balaban J connectivity index is 1.66. The van der Waals surface area contributed by atoms with Gasteiger partial charge in [-0.2, -0.15) is 5.26 Å². The molecule has 0 radical (unpaired) electrons. The lowest BCUT2D eigenvalue weighted by molar-refractivity contribution is -0.112. The van der Waals surface area contributed by atoms with Gasteiger partial charge in [0, 0.05) is 34.1 Å². The number of aromatic nitrogens is 1. The minimum atomic E-state index is -3.40. The van der Waals surface area contributed by atoms with E-state index in [1.54, 1.807) is 43.3 Å². The first-order valence-electron chi connectivity index (χ1n) is 10.8. The van der Waals surface area contributed by atoms with Crippen molar-refractivity contribution in [2.45, 2.75) is 11.8 Å². The van der Waals surface area contributed by atoms with Crippen LogP contribution < -0.4 is 4.90 Å². The molecular weight excluding hydrogens is 478 g/mol. The van der Waals surface area contributed by atoms with Gasteiger partial charge in [-0.1, -0.05) is 6.07 Å². The number of aromatic carboxylic acids is 1. The van der Waals surface area contributed by atoms with E-state index in [9.17, 15) is 28.4 Å². The number of carbonyl (C=O) groups excluding carboxylic acids is 1. The molecule has 1 aromatic heterocycles. The predicted molar refractivity (Wildman–Crippen MR) is 136 cm³/mol. The smallest absolute Gasteiger partial charge is 0.335 e. The molecule has 0 spiro atoms. The van der Waals surface area contributed by atoms with E-state index in [1.807, 2.05) is 6.07 Å². The molecule has 0 saturated heterocycles. The fraction of sp³-hybridized carbons (Fsp3) is 0.0741. The molecule has 1 aliphatic rings. The molecule has 5 rings (SSSR count). The first-order valence-corrected chi connectivity index (χ1v) is 12.7. The summed E-state index contributed by atoms with van der Waals surface area (Å²) in [7, 11) is -3.40. The summed E-state index contributed by atoms with van der Waals surface area (Å²) >= 11 is 0. The Morgan fingerprint density at radius 1 is 1.08 bits per heavy atom. The second-order valence-electron chi connectivity index (χ2n) is 8.59. The van der Waals surface area contributed by atoms with Crippen molar-refractivity contribution in [3.8, 4) is 6.07 Å². The second-order valence-corrected chi connectivity index (χ2v) is 10.6. The number of rotatable bonds is 4. The van der Waals surface area contributed by atoms with E-state index in [-0.39, 0.29) is 16.4 Å². The van der Waals surface area contributed by atoms with Crippen LogP contribution in [0.15, 0.2) is 65.6 Å². The summed E-state index contributed by atoms with van der Waals surface area (Å²) in [4.78, 5) is 29.8. The molecule has 0 aliphatic carbocycles. The average molecular weight is 498 g/mol. The number of aromatic amines is 1. The highest BCUT2D eigenvalue weighted by atomic mass is 32.2. The number of hydrogen-bond donors (Lipinski definition) is 2. The third-order valence-corrected chi connectivity index (χ3v) is 7.27. The third-order valence-electron chi connectivity index (χ3n) is 6.14. The number of carboxylic acids is 1. The maximum absolute atomic E-state index is 13.7. The number of amides is 1. The molecule has 36 heavy (non-hydrogen) atoms. The van der Waals surface area contributed by atoms with E-state index in [4.69, 9.17) is 0 Å². The van der Waals surface area contributed by atoms with Gasteiger partial charge >= 0.3 is 5.97 Å². The Labute approximate surface area is 206 Å². The molecule has 0 fully saturated rings. The van der Waals surface area contributed by atoms with Crippen LogP contribution in [0.1, 0.15) is 32.7 Å². The number of hydrogen-bond acceptors (Lipinski definition) is 5. The van der Waals surface area contributed by atoms with Crippen molar-refractivity contribution in [2.24, 2.45) is 0 Å². The number of aryl methyl sites for hydroxylation is 1. The predicted octanol–water partition coefficient (Wildman–Crippen LogP) is 4.67. The maximum atomic E-state index is 13.7. The molecule has 0 bridgehead atoms. The number of sulfone groups is 1. The molecule has 0 atom stereocenters. The van der Waals surface area contributed by atoms with E-state index in [1.165, 1.54) is 29.2 Å². The quantitative estimate of drug-likeness (QED) is 0.394. The number of nitriles is 1. The van der Waals surface area contributed by atoms with Crippen LogP contribution in [-0.4, -0.2) is 36.6 Å². The number of H-pyrrole nitrogens is 1. The van der Waals surface area contributed by atoms with Gasteiger partial charge < -0.3 is 10.1 Å². The van der Waals surface area contributed by atoms with Crippen LogP contribution in [0.4, 0.5) is 11.4 Å². The van der Waals surface area contributed by atoms with Gasteiger partial charge in [-0.25, -0.2) is 13.2 Å². The molecule has 9 heteroatoms. The number of carboxylic acid groups (broad SMARTS) is 1. The van der Waals surface area contributed by atoms with Crippen molar-refractivity contribution in [3.05, 3.63) is 88.6 Å². The summed E-state index contributed by atoms with van der Waals surface area (Å²) in [5.41, 5.74) is 4.47. The number of fused-ring (bicyclic) bond motifs is 2. The largest absolute Gasteiger partial charge is 0.478 e. The molecule has 2 N–H and O–H groups in total. The van der Waals surface area contributed by atoms with Crippen molar-refractivity contribution in [1.29, 1.82) is 5.26 Å².